The van der Waals surface area contributed by atoms with E-state index in [1.165, 1.54) is 14.2 Å². The van der Waals surface area contributed by atoms with Gasteiger partial charge in [-0.1, -0.05) is 62.4 Å². The molecule has 3 aromatic carbocycles. The van der Waals surface area contributed by atoms with Gasteiger partial charge in [-0.15, -0.1) is 0 Å². The first-order chi connectivity index (χ1) is 31.7. The molecule has 66 heavy (non-hydrogen) atoms. The molecule has 2 aliphatic heterocycles. The van der Waals surface area contributed by atoms with E-state index in [0.717, 1.165) is 82.3 Å². The number of rotatable bonds is 14. The van der Waals surface area contributed by atoms with E-state index >= 15 is 0 Å². The summed E-state index contributed by atoms with van der Waals surface area (Å²) in [7, 11) is 2.48. The fraction of sp³-hybridized carbons (Fsp3) is 0.469. The van der Waals surface area contributed by atoms with E-state index in [1.807, 2.05) is 37.9 Å². The summed E-state index contributed by atoms with van der Waals surface area (Å²) in [6.45, 7) is 2.83. The second kappa shape index (κ2) is 17.8. The lowest BCUT2D eigenvalue weighted by atomic mass is 9.91. The summed E-state index contributed by atoms with van der Waals surface area (Å²) >= 11 is 0. The van der Waals surface area contributed by atoms with Gasteiger partial charge in [0.1, 0.15) is 23.7 Å². The number of imidazole rings is 2. The Labute approximate surface area is 381 Å². The third kappa shape index (κ3) is 8.60. The highest BCUT2D eigenvalue weighted by Crippen LogP contribution is 2.60. The van der Waals surface area contributed by atoms with Gasteiger partial charge in [0.25, 0.3) is 0 Å². The lowest BCUT2D eigenvalue weighted by molar-refractivity contribution is -0.143. The molecule has 17 heteroatoms. The van der Waals surface area contributed by atoms with Crippen LogP contribution in [0.3, 0.4) is 0 Å². The van der Waals surface area contributed by atoms with Gasteiger partial charge in [-0.25, -0.2) is 19.6 Å². The molecule has 4 N–H and O–H groups in total. The predicted octanol–water partition coefficient (Wildman–Crippen LogP) is 8.30. The van der Waals surface area contributed by atoms with Gasteiger partial charge in [-0.2, -0.15) is 8.78 Å². The Morgan fingerprint density at radius 3 is 2.14 bits per heavy atom. The summed E-state index contributed by atoms with van der Waals surface area (Å²) in [4.78, 5) is 72.7. The third-order valence-electron chi connectivity index (χ3n) is 14.3. The number of methoxy groups -OCH3 is 2. The van der Waals surface area contributed by atoms with Crippen molar-refractivity contribution in [2.75, 3.05) is 27.4 Å². The number of likely N-dealkylation sites (tertiary alicyclic amines) is 2. The number of H-pyrrole nitrogens is 2. The number of nitrogens with one attached hydrogen (secondary N) is 4. The highest BCUT2D eigenvalue weighted by atomic mass is 19.3. The molecule has 2 bridgehead atoms. The van der Waals surface area contributed by atoms with Crippen molar-refractivity contribution >= 4 is 34.8 Å². The maximum absolute atomic E-state index is 14.1. The van der Waals surface area contributed by atoms with Crippen LogP contribution in [0.1, 0.15) is 83.4 Å². The zero-order valence-electron chi connectivity index (χ0n) is 37.7. The molecular formula is C49H56F2N8O7. The Morgan fingerprint density at radius 2 is 1.45 bits per heavy atom. The number of ether oxygens (including phenoxy) is 3. The molecule has 4 amide bonds. The molecule has 1 spiro atoms. The van der Waals surface area contributed by atoms with Crippen molar-refractivity contribution in [3.63, 3.8) is 0 Å². The first kappa shape index (κ1) is 44.8. The zero-order chi connectivity index (χ0) is 46.5. The van der Waals surface area contributed by atoms with Crippen LogP contribution >= 0.6 is 0 Å². The smallest absolute Gasteiger partial charge is 0.407 e. The Hall–Kier alpha value is -6.36. The number of hydrogen-bond acceptors (Lipinski definition) is 9. The van der Waals surface area contributed by atoms with Crippen LogP contribution in [0.5, 0.6) is 0 Å². The Kier molecular flexibility index (Phi) is 12.1. The number of carbonyl (C=O) groups is 4. The molecule has 348 valence electrons. The Balaban J connectivity index is 0.897. The number of fused-ring (bicyclic) bond motifs is 3. The molecule has 2 aromatic heterocycles. The molecule has 0 radical (unpaired) electrons. The van der Waals surface area contributed by atoms with Gasteiger partial charge in [0.05, 0.1) is 56.2 Å². The van der Waals surface area contributed by atoms with E-state index in [9.17, 15) is 28.0 Å². The molecule has 15 nitrogen and oxygen atoms in total. The van der Waals surface area contributed by atoms with E-state index in [1.54, 1.807) is 11.1 Å². The number of alkyl halides is 2. The first-order valence-corrected chi connectivity index (χ1v) is 22.7. The molecule has 9 rings (SSSR count). The quantitative estimate of drug-likeness (QED) is 0.0852. The molecule has 4 fully saturated rings. The summed E-state index contributed by atoms with van der Waals surface area (Å²) in [6.07, 6.45) is 7.44. The van der Waals surface area contributed by atoms with E-state index in [0.29, 0.717) is 24.7 Å². The van der Waals surface area contributed by atoms with Gasteiger partial charge in [0, 0.05) is 24.6 Å². The summed E-state index contributed by atoms with van der Waals surface area (Å²) in [5.41, 5.74) is 4.73. The number of piperidine rings is 1. The van der Waals surface area contributed by atoms with Crippen molar-refractivity contribution in [1.82, 2.24) is 40.4 Å². The van der Waals surface area contributed by atoms with E-state index in [4.69, 9.17) is 19.4 Å². The Morgan fingerprint density at radius 1 is 0.818 bits per heavy atom. The number of benzene rings is 3. The lowest BCUT2D eigenvalue weighted by Gasteiger charge is -2.37. The second-order valence-electron chi connectivity index (χ2n) is 18.9. The topological polar surface area (TPSA) is 184 Å². The standard InChI is InChI=1S/C49H56F2N8O7/c1-27(2)39(57-47(63)65-5)43(61)59-35-15-14-34(22-35)40(59)41-52-23-37(54-41)29-8-6-28(7-9-29)30-10-11-32-21-33(13-12-31(32)20-30)38-24-53-44(55-38)48(3)25-49(17-18-49)26-58(48)42(60)36(56-46(62)64-4)16-19-66-45(50)51/h6-13,20-21,23-24,27,34-36,39-40,45H,14-19,22,25-26H2,1-5H3,(H,52,54)(H,53,55)(H,56,62)(H,57,63)/t34-,35+,36-,39-,40-,48-/m0/s1. The molecule has 2 saturated carbocycles. The predicted molar refractivity (Wildman–Crippen MR) is 241 cm³/mol. The maximum Gasteiger partial charge on any atom is 0.407 e. The van der Waals surface area contributed by atoms with Gasteiger partial charge < -0.3 is 44.6 Å². The molecule has 4 aliphatic rings. The normalized spacial score (nSPS) is 22.6. The summed E-state index contributed by atoms with van der Waals surface area (Å²) in [6, 6.07) is 18.9. The van der Waals surface area contributed by atoms with Crippen LogP contribution in [-0.2, 0) is 29.3 Å². The fourth-order valence-corrected chi connectivity index (χ4v) is 10.7. The third-order valence-corrected chi connectivity index (χ3v) is 14.3. The molecule has 2 saturated heterocycles. The number of halogens is 2. The van der Waals surface area contributed by atoms with Crippen LogP contribution in [0, 0.1) is 17.3 Å². The highest BCUT2D eigenvalue weighted by molar-refractivity contribution is 5.91. The lowest BCUT2D eigenvalue weighted by Crippen LogP contribution is -2.54. The van der Waals surface area contributed by atoms with Gasteiger partial charge in [-0.3, -0.25) is 9.59 Å². The number of aromatic amines is 2. The van der Waals surface area contributed by atoms with E-state index < -0.39 is 48.9 Å². The SMILES string of the molecule is COC(=O)N[C@@H](CCOC(F)F)C(=O)N1CC2(CC2)C[C@@]1(C)c1ncc(-c2ccc3cc(-c4ccc(-c5cnc([C@@H]6[C@H]7CC[C@H](C7)N6C(=O)[C@@H](NC(=O)OC)C(C)C)[nH]5)cc4)ccc3c2)[nH]1. The van der Waals surface area contributed by atoms with Crippen LogP contribution < -0.4 is 10.6 Å². The number of nitrogens with zero attached hydrogens (tertiary/aromatic N) is 4. The fourth-order valence-electron chi connectivity index (χ4n) is 10.7. The van der Waals surface area contributed by atoms with Gasteiger partial charge in [0.15, 0.2) is 0 Å². The monoisotopic (exact) mass is 906 g/mol. The molecule has 5 aromatic rings. The van der Waals surface area contributed by atoms with Crippen LogP contribution in [0.2, 0.25) is 0 Å². The van der Waals surface area contributed by atoms with Crippen LogP contribution in [0.4, 0.5) is 18.4 Å². The molecule has 4 heterocycles. The largest absolute Gasteiger partial charge is 0.453 e. The second-order valence-corrected chi connectivity index (χ2v) is 18.9. The van der Waals surface area contributed by atoms with Crippen molar-refractivity contribution in [2.24, 2.45) is 17.3 Å². The summed E-state index contributed by atoms with van der Waals surface area (Å²) < 4.78 is 39.6. The van der Waals surface area contributed by atoms with E-state index in [-0.39, 0.29) is 35.7 Å². The molecule has 6 atom stereocenters. The minimum absolute atomic E-state index is 0.0680. The number of hydrogen-bond donors (Lipinski definition) is 4. The number of amides is 4. The Bertz CT molecular complexity index is 2630. The molecule has 2 aliphatic carbocycles. The molecule has 0 unspecified atom stereocenters. The number of aromatic nitrogens is 4. The van der Waals surface area contributed by atoms with Crippen LogP contribution in [-0.4, -0.2) is 106 Å². The van der Waals surface area contributed by atoms with Gasteiger partial charge in [0.2, 0.25) is 11.8 Å². The number of carbonyl (C=O) groups excluding carboxylic acids is 4. The zero-order valence-corrected chi connectivity index (χ0v) is 37.7. The van der Waals surface area contributed by atoms with Crippen molar-refractivity contribution < 1.29 is 42.2 Å². The van der Waals surface area contributed by atoms with Crippen molar-refractivity contribution in [3.05, 3.63) is 84.7 Å². The first-order valence-electron chi connectivity index (χ1n) is 22.7. The average molecular weight is 907 g/mol. The minimum atomic E-state index is -3.00. The number of alkyl carbamates (subject to hydrolysis) is 2. The van der Waals surface area contributed by atoms with Crippen molar-refractivity contribution in [1.29, 1.82) is 0 Å². The van der Waals surface area contributed by atoms with E-state index in [2.05, 4.69) is 79.9 Å². The molecular weight excluding hydrogens is 851 g/mol. The van der Waals surface area contributed by atoms with Crippen LogP contribution in [0.25, 0.3) is 44.4 Å². The highest BCUT2D eigenvalue weighted by Gasteiger charge is 2.60. The maximum atomic E-state index is 14.1. The van der Waals surface area contributed by atoms with Crippen LogP contribution in [0.15, 0.2) is 73.1 Å². The summed E-state index contributed by atoms with van der Waals surface area (Å²) in [5.74, 6) is 1.02. The average Bonchev–Trinajstić information content (AvgIpc) is 3.94. The summed E-state index contributed by atoms with van der Waals surface area (Å²) in [5, 5.41) is 7.36. The minimum Gasteiger partial charge on any atom is -0.453 e. The van der Waals surface area contributed by atoms with Gasteiger partial charge >= 0.3 is 18.8 Å². The van der Waals surface area contributed by atoms with Crippen molar-refractivity contribution in [2.45, 2.75) is 102 Å². The van der Waals surface area contributed by atoms with Gasteiger partial charge in [-0.05, 0) is 102 Å². The van der Waals surface area contributed by atoms with Crippen molar-refractivity contribution in [3.8, 4) is 33.6 Å².